The highest BCUT2D eigenvalue weighted by Crippen LogP contribution is 2.09. The Morgan fingerprint density at radius 3 is 2.42 bits per heavy atom. The van der Waals surface area contributed by atoms with Gasteiger partial charge in [-0.05, 0) is 6.92 Å². The minimum atomic E-state index is 0. The number of quaternary nitrogens is 1. The summed E-state index contributed by atoms with van der Waals surface area (Å²) in [6.07, 6.45) is 1.08. The van der Waals surface area contributed by atoms with Crippen molar-refractivity contribution < 1.29 is 16.9 Å². The van der Waals surface area contributed by atoms with Crippen LogP contribution in [0.2, 0.25) is 0 Å². The Kier molecular flexibility index (Phi) is 9.15. The molecule has 1 rings (SSSR count). The van der Waals surface area contributed by atoms with E-state index in [1.54, 1.807) is 0 Å². The second-order valence-electron chi connectivity index (χ2n) is 5.11. The van der Waals surface area contributed by atoms with Gasteiger partial charge in [-0.15, -0.1) is 0 Å². The Morgan fingerprint density at radius 2 is 1.79 bits per heavy atom. The first-order valence-electron chi connectivity index (χ1n) is 6.58. The van der Waals surface area contributed by atoms with Crippen LogP contribution in [0.3, 0.4) is 0 Å². The second-order valence-corrected chi connectivity index (χ2v) is 5.11. The van der Waals surface area contributed by atoms with E-state index in [4.69, 9.17) is 0 Å². The number of hydrogen-bond donors (Lipinski definition) is 0. The topological polar surface area (TPSA) is 24.7 Å². The summed E-state index contributed by atoms with van der Waals surface area (Å²) < 4.78 is 0.991. The first kappa shape index (κ1) is 17.8. The van der Waals surface area contributed by atoms with E-state index in [0.29, 0.717) is 0 Å². The number of halogens is 1. The molecule has 0 bridgehead atoms. The molecule has 0 unspecified atom stereocenters. The van der Waals surface area contributed by atoms with Gasteiger partial charge in [-0.2, -0.15) is 0 Å². The third kappa shape index (κ3) is 8.55. The fourth-order valence-electron chi connectivity index (χ4n) is 1.91. The highest BCUT2D eigenvalue weighted by molar-refractivity contribution is 5.40. The predicted octanol–water partition coefficient (Wildman–Crippen LogP) is -0.149. The van der Waals surface area contributed by atoms with E-state index in [1.807, 2.05) is 6.92 Å². The molecule has 106 valence electrons. The molecule has 3 nitrogen and oxygen atoms in total. The Hall–Kier alpha value is -1.15. The summed E-state index contributed by atoms with van der Waals surface area (Å²) in [6.45, 7) is 5.75. The van der Waals surface area contributed by atoms with Crippen LogP contribution in [0.1, 0.15) is 18.9 Å². The van der Waals surface area contributed by atoms with E-state index in [-0.39, 0.29) is 12.4 Å². The molecule has 1 aromatic rings. The number of nitrogens with zero attached hydrogens (tertiary/aromatic N) is 3. The molecule has 1 aromatic carbocycles. The molecular formula is C15H24ClN3. The molecule has 0 N–H and O–H groups in total. The van der Waals surface area contributed by atoms with Crippen LogP contribution in [0.4, 0.5) is 0 Å². The van der Waals surface area contributed by atoms with Crippen molar-refractivity contribution in [3.05, 3.63) is 35.9 Å². The quantitative estimate of drug-likeness (QED) is 0.377. The van der Waals surface area contributed by atoms with Gasteiger partial charge in [0.2, 0.25) is 0 Å². The van der Waals surface area contributed by atoms with Crippen molar-refractivity contribution in [3.8, 4) is 0 Å². The lowest BCUT2D eigenvalue weighted by atomic mass is 10.2. The lowest BCUT2D eigenvalue weighted by Crippen LogP contribution is -3.00. The van der Waals surface area contributed by atoms with Crippen LogP contribution in [-0.4, -0.2) is 44.2 Å². The van der Waals surface area contributed by atoms with Gasteiger partial charge in [0, 0.05) is 18.5 Å². The molecule has 0 heterocycles. The van der Waals surface area contributed by atoms with Gasteiger partial charge in [0.1, 0.15) is 6.54 Å². The summed E-state index contributed by atoms with van der Waals surface area (Å²) in [5.74, 6) is 0. The van der Waals surface area contributed by atoms with E-state index >= 15 is 0 Å². The maximum Gasteiger partial charge on any atom is 0.104 e. The number of hydrogen-bond acceptors (Lipinski definition) is 2. The van der Waals surface area contributed by atoms with Gasteiger partial charge in [-0.1, -0.05) is 30.3 Å². The number of benzene rings is 1. The molecule has 0 aliphatic heterocycles. The Bertz CT molecular complexity index is 395. The molecule has 0 aliphatic carbocycles. The summed E-state index contributed by atoms with van der Waals surface area (Å²) in [7, 11) is 4.52. The Morgan fingerprint density at radius 1 is 1.11 bits per heavy atom. The zero-order chi connectivity index (χ0) is 13.3. The monoisotopic (exact) mass is 281 g/mol. The van der Waals surface area contributed by atoms with Crippen LogP contribution in [0.5, 0.6) is 0 Å². The second kappa shape index (κ2) is 9.74. The standard InChI is InChI=1S/C15H24N3.ClH/c1-4-16-14-17-11-8-12-18(2,3)13-15-9-6-5-7-10-15;/h5-7,9-10H,4,8,11-13H2,1-3H3;1H/q+1;/p-1. The van der Waals surface area contributed by atoms with Crippen molar-refractivity contribution in [2.45, 2.75) is 19.9 Å². The number of aliphatic imine (C=N–C) groups is 2. The van der Waals surface area contributed by atoms with Crippen LogP contribution in [0, 0.1) is 0 Å². The number of rotatable bonds is 7. The molecule has 0 amide bonds. The van der Waals surface area contributed by atoms with E-state index in [2.05, 4.69) is 60.4 Å². The molecule has 0 aliphatic rings. The van der Waals surface area contributed by atoms with Gasteiger partial charge in [0.15, 0.2) is 0 Å². The van der Waals surface area contributed by atoms with Crippen molar-refractivity contribution in [1.29, 1.82) is 0 Å². The first-order valence-corrected chi connectivity index (χ1v) is 6.58. The van der Waals surface area contributed by atoms with Crippen molar-refractivity contribution in [1.82, 2.24) is 0 Å². The summed E-state index contributed by atoms with van der Waals surface area (Å²) in [6, 6.07) is 13.3. The van der Waals surface area contributed by atoms with Crippen molar-refractivity contribution in [2.75, 3.05) is 33.7 Å². The molecule has 4 heteroatoms. The Balaban J connectivity index is 0.00000324. The van der Waals surface area contributed by atoms with E-state index in [9.17, 15) is 0 Å². The molecule has 0 atom stereocenters. The summed E-state index contributed by atoms with van der Waals surface area (Å²) >= 11 is 0. The van der Waals surface area contributed by atoms with Crippen molar-refractivity contribution >= 4 is 6.01 Å². The molecule has 0 fully saturated rings. The lowest BCUT2D eigenvalue weighted by Gasteiger charge is -2.29. The van der Waals surface area contributed by atoms with Gasteiger partial charge >= 0.3 is 0 Å². The fourth-order valence-corrected chi connectivity index (χ4v) is 1.91. The molecule has 0 spiro atoms. The van der Waals surface area contributed by atoms with Crippen molar-refractivity contribution in [3.63, 3.8) is 0 Å². The normalized spacial score (nSPS) is 10.3. The van der Waals surface area contributed by atoms with Gasteiger partial charge in [-0.25, -0.2) is 9.98 Å². The molecule has 0 radical (unpaired) electrons. The maximum atomic E-state index is 4.14. The van der Waals surface area contributed by atoms with E-state index in [1.165, 1.54) is 5.56 Å². The first-order chi connectivity index (χ1) is 8.64. The summed E-state index contributed by atoms with van der Waals surface area (Å²) in [5, 5.41) is 0. The van der Waals surface area contributed by atoms with Gasteiger partial charge in [-0.3, -0.25) is 0 Å². The highest BCUT2D eigenvalue weighted by atomic mass is 35.5. The van der Waals surface area contributed by atoms with E-state index in [0.717, 1.165) is 37.1 Å². The van der Waals surface area contributed by atoms with Crippen LogP contribution in [-0.2, 0) is 6.54 Å². The predicted molar refractivity (Wildman–Crippen MR) is 77.0 cm³/mol. The lowest BCUT2D eigenvalue weighted by molar-refractivity contribution is -0.903. The van der Waals surface area contributed by atoms with E-state index < -0.39 is 0 Å². The minimum absolute atomic E-state index is 0. The van der Waals surface area contributed by atoms with Crippen LogP contribution in [0.25, 0.3) is 0 Å². The van der Waals surface area contributed by atoms with Gasteiger partial charge in [0.05, 0.1) is 33.2 Å². The van der Waals surface area contributed by atoms with Gasteiger partial charge in [0.25, 0.3) is 0 Å². The fraction of sp³-hybridized carbons (Fsp3) is 0.533. The average Bonchev–Trinajstić information content (AvgIpc) is 2.34. The molecule has 0 saturated heterocycles. The van der Waals surface area contributed by atoms with Crippen molar-refractivity contribution in [2.24, 2.45) is 9.98 Å². The van der Waals surface area contributed by atoms with Crippen LogP contribution < -0.4 is 12.4 Å². The van der Waals surface area contributed by atoms with Crippen LogP contribution >= 0.6 is 0 Å². The maximum absolute atomic E-state index is 4.14. The average molecular weight is 282 g/mol. The minimum Gasteiger partial charge on any atom is -1.00 e. The SMILES string of the molecule is CCN=C=NCCC[N+](C)(C)Cc1ccccc1.[Cl-]. The zero-order valence-electron chi connectivity index (χ0n) is 12.1. The molecule has 0 saturated carbocycles. The van der Waals surface area contributed by atoms with Gasteiger partial charge < -0.3 is 16.9 Å². The molecule has 19 heavy (non-hydrogen) atoms. The molecule has 0 aromatic heterocycles. The zero-order valence-corrected chi connectivity index (χ0v) is 12.9. The van der Waals surface area contributed by atoms with Crippen LogP contribution in [0.15, 0.2) is 40.3 Å². The smallest absolute Gasteiger partial charge is 0.104 e. The summed E-state index contributed by atoms with van der Waals surface area (Å²) in [4.78, 5) is 8.10. The summed E-state index contributed by atoms with van der Waals surface area (Å²) in [5.41, 5.74) is 1.39. The third-order valence-electron chi connectivity index (χ3n) is 2.79. The Labute approximate surface area is 123 Å². The third-order valence-corrected chi connectivity index (χ3v) is 2.79. The highest BCUT2D eigenvalue weighted by Gasteiger charge is 2.14. The molecular weight excluding hydrogens is 258 g/mol. The largest absolute Gasteiger partial charge is 1.00 e.